The van der Waals surface area contributed by atoms with Gasteiger partial charge in [0.1, 0.15) is 12.4 Å². The molecule has 0 aliphatic rings. The summed E-state index contributed by atoms with van der Waals surface area (Å²) in [6, 6.07) is 16.5. The largest absolute Gasteiger partial charge is 0.495 e. The Morgan fingerprint density at radius 1 is 0.968 bits per heavy atom. The molecule has 162 valence electrons. The summed E-state index contributed by atoms with van der Waals surface area (Å²) in [5.74, 6) is 0.807. The SMILES string of the molecule is COc1ccc(C(=O)O)cc1NCc1cc(OC)c(OCc2ccccc2C)cc1Br. The molecule has 0 heterocycles. The maximum atomic E-state index is 11.3. The second kappa shape index (κ2) is 10.2. The van der Waals surface area contributed by atoms with Crippen molar-refractivity contribution in [3.63, 3.8) is 0 Å². The third-order valence-electron chi connectivity index (χ3n) is 4.89. The average molecular weight is 486 g/mol. The van der Waals surface area contributed by atoms with Gasteiger partial charge < -0.3 is 24.6 Å². The molecule has 0 bridgehead atoms. The second-order valence-corrected chi connectivity index (χ2v) is 7.74. The van der Waals surface area contributed by atoms with Crippen molar-refractivity contribution in [1.82, 2.24) is 0 Å². The molecule has 3 aromatic carbocycles. The molecule has 3 aromatic rings. The minimum atomic E-state index is -0.997. The Labute approximate surface area is 189 Å². The van der Waals surface area contributed by atoms with Gasteiger partial charge in [-0.15, -0.1) is 0 Å². The van der Waals surface area contributed by atoms with Gasteiger partial charge in [0.2, 0.25) is 0 Å². The number of ether oxygens (including phenoxy) is 3. The van der Waals surface area contributed by atoms with Crippen molar-refractivity contribution in [2.24, 2.45) is 0 Å². The zero-order valence-corrected chi connectivity index (χ0v) is 19.2. The van der Waals surface area contributed by atoms with E-state index >= 15 is 0 Å². The lowest BCUT2D eigenvalue weighted by atomic mass is 10.1. The van der Waals surface area contributed by atoms with Crippen molar-refractivity contribution in [3.8, 4) is 17.2 Å². The summed E-state index contributed by atoms with van der Waals surface area (Å²) < 4.78 is 17.7. The summed E-state index contributed by atoms with van der Waals surface area (Å²) in [5, 5.41) is 12.5. The smallest absolute Gasteiger partial charge is 0.335 e. The van der Waals surface area contributed by atoms with Crippen molar-refractivity contribution >= 4 is 27.6 Å². The highest BCUT2D eigenvalue weighted by atomic mass is 79.9. The van der Waals surface area contributed by atoms with E-state index in [0.717, 1.165) is 15.6 Å². The number of methoxy groups -OCH3 is 2. The number of hydrogen-bond donors (Lipinski definition) is 2. The highest BCUT2D eigenvalue weighted by Gasteiger charge is 2.13. The van der Waals surface area contributed by atoms with E-state index in [0.29, 0.717) is 36.1 Å². The van der Waals surface area contributed by atoms with Crippen LogP contribution in [0.4, 0.5) is 5.69 Å². The lowest BCUT2D eigenvalue weighted by Crippen LogP contribution is -2.06. The maximum Gasteiger partial charge on any atom is 0.335 e. The van der Waals surface area contributed by atoms with Gasteiger partial charge in [-0.2, -0.15) is 0 Å². The quantitative estimate of drug-likeness (QED) is 0.406. The van der Waals surface area contributed by atoms with Crippen LogP contribution in [0.2, 0.25) is 0 Å². The zero-order chi connectivity index (χ0) is 22.4. The highest BCUT2D eigenvalue weighted by Crippen LogP contribution is 2.35. The van der Waals surface area contributed by atoms with Gasteiger partial charge in [-0.05, 0) is 53.9 Å². The molecule has 3 rings (SSSR count). The molecule has 0 aromatic heterocycles. The van der Waals surface area contributed by atoms with E-state index in [1.165, 1.54) is 11.6 Å². The first-order chi connectivity index (χ1) is 14.9. The van der Waals surface area contributed by atoms with E-state index in [1.54, 1.807) is 26.4 Å². The van der Waals surface area contributed by atoms with Crippen LogP contribution >= 0.6 is 15.9 Å². The minimum Gasteiger partial charge on any atom is -0.495 e. The number of hydrogen-bond acceptors (Lipinski definition) is 5. The summed E-state index contributed by atoms with van der Waals surface area (Å²) >= 11 is 3.60. The Morgan fingerprint density at radius 3 is 2.39 bits per heavy atom. The van der Waals surface area contributed by atoms with Crippen molar-refractivity contribution in [3.05, 3.63) is 81.3 Å². The van der Waals surface area contributed by atoms with Crippen LogP contribution in [0.5, 0.6) is 17.2 Å². The van der Waals surface area contributed by atoms with Crippen LogP contribution in [0.3, 0.4) is 0 Å². The fraction of sp³-hybridized carbons (Fsp3) is 0.208. The molecule has 0 radical (unpaired) electrons. The standard InChI is InChI=1S/C24H24BrNO5/c1-15-6-4-5-7-17(15)14-31-23-12-19(25)18(11-22(23)30-3)13-26-20-10-16(24(27)28)8-9-21(20)29-2/h4-12,26H,13-14H2,1-3H3,(H,27,28). The summed E-state index contributed by atoms with van der Waals surface area (Å²) in [7, 11) is 3.14. The number of nitrogens with one attached hydrogen (secondary N) is 1. The first kappa shape index (κ1) is 22.5. The van der Waals surface area contributed by atoms with Crippen LogP contribution < -0.4 is 19.5 Å². The molecule has 0 unspecified atom stereocenters. The number of benzene rings is 3. The predicted octanol–water partition coefficient (Wildman–Crippen LogP) is 5.66. The predicted molar refractivity (Wildman–Crippen MR) is 123 cm³/mol. The first-order valence-corrected chi connectivity index (χ1v) is 10.4. The molecule has 6 nitrogen and oxygen atoms in total. The Balaban J connectivity index is 1.78. The van der Waals surface area contributed by atoms with Gasteiger partial charge in [-0.3, -0.25) is 0 Å². The van der Waals surface area contributed by atoms with Crippen LogP contribution in [0, 0.1) is 6.92 Å². The fourth-order valence-electron chi connectivity index (χ4n) is 3.08. The normalized spacial score (nSPS) is 10.5. The second-order valence-electron chi connectivity index (χ2n) is 6.88. The molecule has 31 heavy (non-hydrogen) atoms. The van der Waals surface area contributed by atoms with Gasteiger partial charge in [-0.1, -0.05) is 40.2 Å². The highest BCUT2D eigenvalue weighted by molar-refractivity contribution is 9.10. The molecule has 2 N–H and O–H groups in total. The van der Waals surface area contributed by atoms with Crippen LogP contribution in [-0.2, 0) is 13.2 Å². The van der Waals surface area contributed by atoms with Crippen molar-refractivity contribution in [2.75, 3.05) is 19.5 Å². The van der Waals surface area contributed by atoms with Gasteiger partial charge >= 0.3 is 5.97 Å². The third kappa shape index (κ3) is 5.49. The Hall–Kier alpha value is -3.19. The topological polar surface area (TPSA) is 77.0 Å². The Bertz CT molecular complexity index is 1080. The number of halogens is 1. The van der Waals surface area contributed by atoms with E-state index in [9.17, 15) is 9.90 Å². The maximum absolute atomic E-state index is 11.3. The number of carbonyl (C=O) groups is 1. The number of carboxylic acid groups (broad SMARTS) is 1. The molecule has 0 amide bonds. The lowest BCUT2D eigenvalue weighted by molar-refractivity contribution is 0.0697. The van der Waals surface area contributed by atoms with Crippen molar-refractivity contribution in [2.45, 2.75) is 20.1 Å². The summed E-state index contributed by atoms with van der Waals surface area (Å²) in [6.07, 6.45) is 0. The van der Waals surface area contributed by atoms with Crippen molar-refractivity contribution in [1.29, 1.82) is 0 Å². The van der Waals surface area contributed by atoms with Crippen LogP contribution in [0.1, 0.15) is 27.0 Å². The van der Waals surface area contributed by atoms with Crippen LogP contribution in [-0.4, -0.2) is 25.3 Å². The van der Waals surface area contributed by atoms with E-state index < -0.39 is 5.97 Å². The molecule has 0 atom stereocenters. The van der Waals surface area contributed by atoms with Crippen LogP contribution in [0.15, 0.2) is 59.1 Å². The van der Waals surface area contributed by atoms with Crippen molar-refractivity contribution < 1.29 is 24.1 Å². The Kier molecular flexibility index (Phi) is 7.41. The Morgan fingerprint density at radius 2 is 1.71 bits per heavy atom. The molecule has 0 saturated carbocycles. The van der Waals surface area contributed by atoms with Gasteiger partial charge in [0.25, 0.3) is 0 Å². The molecule has 7 heteroatoms. The molecule has 0 aliphatic carbocycles. The summed E-state index contributed by atoms with van der Waals surface area (Å²) in [5.41, 5.74) is 3.96. The van der Waals surface area contributed by atoms with Gasteiger partial charge in [0, 0.05) is 11.0 Å². The summed E-state index contributed by atoms with van der Waals surface area (Å²) in [6.45, 7) is 2.91. The summed E-state index contributed by atoms with van der Waals surface area (Å²) in [4.78, 5) is 11.3. The first-order valence-electron chi connectivity index (χ1n) is 9.62. The van der Waals surface area contributed by atoms with E-state index in [-0.39, 0.29) is 5.56 Å². The number of aromatic carboxylic acids is 1. The molecule has 0 fully saturated rings. The molecular formula is C24H24BrNO5. The average Bonchev–Trinajstić information content (AvgIpc) is 2.77. The fourth-order valence-corrected chi connectivity index (χ4v) is 3.54. The lowest BCUT2D eigenvalue weighted by Gasteiger charge is -2.16. The third-order valence-corrected chi connectivity index (χ3v) is 5.63. The molecule has 0 aliphatic heterocycles. The van der Waals surface area contributed by atoms with E-state index in [2.05, 4.69) is 21.2 Å². The van der Waals surface area contributed by atoms with Gasteiger partial charge in [0.05, 0.1) is 25.5 Å². The molecule has 0 spiro atoms. The molecule has 0 saturated heterocycles. The number of carboxylic acids is 1. The number of aryl methyl sites for hydroxylation is 1. The molecular weight excluding hydrogens is 462 g/mol. The minimum absolute atomic E-state index is 0.180. The van der Waals surface area contributed by atoms with Crippen LogP contribution in [0.25, 0.3) is 0 Å². The van der Waals surface area contributed by atoms with Gasteiger partial charge in [-0.25, -0.2) is 4.79 Å². The monoisotopic (exact) mass is 485 g/mol. The van der Waals surface area contributed by atoms with Gasteiger partial charge in [0.15, 0.2) is 11.5 Å². The zero-order valence-electron chi connectivity index (χ0n) is 17.6. The van der Waals surface area contributed by atoms with E-state index in [1.807, 2.05) is 43.3 Å². The van der Waals surface area contributed by atoms with E-state index in [4.69, 9.17) is 14.2 Å². The number of anilines is 1. The number of rotatable bonds is 9.